The highest BCUT2D eigenvalue weighted by molar-refractivity contribution is 9.10. The first-order chi connectivity index (χ1) is 8.25. The highest BCUT2D eigenvalue weighted by Crippen LogP contribution is 2.16. The molecule has 0 unspecified atom stereocenters. The summed E-state index contributed by atoms with van der Waals surface area (Å²) in [4.78, 5) is 11.9. The van der Waals surface area contributed by atoms with E-state index in [1.807, 2.05) is 24.3 Å². The molecule has 2 rings (SSSR count). The van der Waals surface area contributed by atoms with E-state index in [1.165, 1.54) is 0 Å². The zero-order valence-corrected chi connectivity index (χ0v) is 11.3. The van der Waals surface area contributed by atoms with E-state index >= 15 is 0 Å². The standard InChI is InChI=1S/C13H17BrN2O/c14-12-6-2-1-4-10(12)8-13(17)16-11-5-3-7-15-9-11/h1-2,4,6,11,15H,3,5,7-9H2,(H,16,17)/t11-/m1/s1. The second-order valence-electron chi connectivity index (χ2n) is 4.38. The van der Waals surface area contributed by atoms with E-state index in [4.69, 9.17) is 0 Å². The van der Waals surface area contributed by atoms with E-state index in [2.05, 4.69) is 26.6 Å². The maximum atomic E-state index is 11.9. The van der Waals surface area contributed by atoms with Crippen LogP contribution in [0.1, 0.15) is 18.4 Å². The Balaban J connectivity index is 1.86. The number of rotatable bonds is 3. The normalized spacial score (nSPS) is 19.9. The third-order valence-electron chi connectivity index (χ3n) is 2.97. The second-order valence-corrected chi connectivity index (χ2v) is 5.23. The number of amides is 1. The zero-order chi connectivity index (χ0) is 12.1. The SMILES string of the molecule is O=C(Cc1ccccc1Br)N[C@@H]1CCCNC1. The molecular weight excluding hydrogens is 280 g/mol. The molecule has 3 nitrogen and oxygen atoms in total. The molecule has 1 amide bonds. The van der Waals surface area contributed by atoms with Crippen molar-refractivity contribution >= 4 is 21.8 Å². The monoisotopic (exact) mass is 296 g/mol. The number of hydrogen-bond acceptors (Lipinski definition) is 2. The lowest BCUT2D eigenvalue weighted by Crippen LogP contribution is -2.46. The van der Waals surface area contributed by atoms with E-state index in [0.29, 0.717) is 12.5 Å². The van der Waals surface area contributed by atoms with E-state index in [9.17, 15) is 4.79 Å². The fraction of sp³-hybridized carbons (Fsp3) is 0.462. The van der Waals surface area contributed by atoms with Crippen LogP contribution < -0.4 is 10.6 Å². The number of halogens is 1. The molecule has 1 saturated heterocycles. The van der Waals surface area contributed by atoms with Crippen molar-refractivity contribution in [2.24, 2.45) is 0 Å². The number of carbonyl (C=O) groups is 1. The molecule has 1 atom stereocenters. The molecule has 0 spiro atoms. The fourth-order valence-corrected chi connectivity index (χ4v) is 2.49. The molecule has 1 aromatic carbocycles. The number of hydrogen-bond donors (Lipinski definition) is 2. The minimum Gasteiger partial charge on any atom is -0.352 e. The fourth-order valence-electron chi connectivity index (χ4n) is 2.07. The van der Waals surface area contributed by atoms with Gasteiger partial charge in [-0.2, -0.15) is 0 Å². The molecule has 92 valence electrons. The topological polar surface area (TPSA) is 41.1 Å². The molecule has 17 heavy (non-hydrogen) atoms. The molecule has 4 heteroatoms. The van der Waals surface area contributed by atoms with Crippen LogP contribution in [0.4, 0.5) is 0 Å². The van der Waals surface area contributed by atoms with Crippen LogP contribution in [0, 0.1) is 0 Å². The Morgan fingerprint density at radius 2 is 2.29 bits per heavy atom. The second kappa shape index (κ2) is 6.17. The Bertz CT molecular complexity index is 389. The van der Waals surface area contributed by atoms with Gasteiger partial charge in [0.05, 0.1) is 6.42 Å². The van der Waals surface area contributed by atoms with Crippen LogP contribution in [0.15, 0.2) is 28.7 Å². The molecular formula is C13H17BrN2O. The summed E-state index contributed by atoms with van der Waals surface area (Å²) < 4.78 is 0.997. The number of benzene rings is 1. The summed E-state index contributed by atoms with van der Waals surface area (Å²) in [6.45, 7) is 1.96. The Morgan fingerprint density at radius 3 is 3.00 bits per heavy atom. The number of nitrogens with one attached hydrogen (secondary N) is 2. The van der Waals surface area contributed by atoms with Crippen LogP contribution in [0.2, 0.25) is 0 Å². The maximum Gasteiger partial charge on any atom is 0.224 e. The van der Waals surface area contributed by atoms with Crippen molar-refractivity contribution < 1.29 is 4.79 Å². The Hall–Kier alpha value is -0.870. The van der Waals surface area contributed by atoms with Crippen LogP contribution in [0.3, 0.4) is 0 Å². The van der Waals surface area contributed by atoms with Crippen molar-refractivity contribution in [3.8, 4) is 0 Å². The molecule has 0 aromatic heterocycles. The third kappa shape index (κ3) is 3.82. The van der Waals surface area contributed by atoms with Gasteiger partial charge in [-0.1, -0.05) is 34.1 Å². The summed E-state index contributed by atoms with van der Waals surface area (Å²) in [5.41, 5.74) is 1.04. The summed E-state index contributed by atoms with van der Waals surface area (Å²) in [7, 11) is 0. The van der Waals surface area contributed by atoms with Crippen LogP contribution in [0.25, 0.3) is 0 Å². The molecule has 1 fully saturated rings. The van der Waals surface area contributed by atoms with Crippen molar-refractivity contribution in [3.63, 3.8) is 0 Å². The van der Waals surface area contributed by atoms with Crippen LogP contribution in [0.5, 0.6) is 0 Å². The smallest absolute Gasteiger partial charge is 0.224 e. The highest BCUT2D eigenvalue weighted by Gasteiger charge is 2.15. The molecule has 1 aliphatic rings. The lowest BCUT2D eigenvalue weighted by atomic mass is 10.1. The highest BCUT2D eigenvalue weighted by atomic mass is 79.9. The molecule has 0 radical (unpaired) electrons. The van der Waals surface area contributed by atoms with Crippen molar-refractivity contribution in [3.05, 3.63) is 34.3 Å². The molecule has 0 aliphatic carbocycles. The summed E-state index contributed by atoms with van der Waals surface area (Å²) in [6.07, 6.45) is 2.66. The average molecular weight is 297 g/mol. The predicted molar refractivity (Wildman–Crippen MR) is 71.9 cm³/mol. The van der Waals surface area contributed by atoms with Gasteiger partial charge in [0.2, 0.25) is 5.91 Å². The van der Waals surface area contributed by atoms with E-state index < -0.39 is 0 Å². The van der Waals surface area contributed by atoms with Gasteiger partial charge in [-0.3, -0.25) is 4.79 Å². The van der Waals surface area contributed by atoms with Gasteiger partial charge < -0.3 is 10.6 Å². The number of piperidine rings is 1. The Labute approximate surface area is 110 Å². The first-order valence-corrected chi connectivity index (χ1v) is 6.78. The molecule has 0 saturated carbocycles. The van der Waals surface area contributed by atoms with Gasteiger partial charge >= 0.3 is 0 Å². The maximum absolute atomic E-state index is 11.9. The Kier molecular flexibility index (Phi) is 4.57. The summed E-state index contributed by atoms with van der Waals surface area (Å²) in [5, 5.41) is 6.36. The van der Waals surface area contributed by atoms with Crippen molar-refractivity contribution in [2.75, 3.05) is 13.1 Å². The van der Waals surface area contributed by atoms with Gasteiger partial charge in [-0.05, 0) is 31.0 Å². The van der Waals surface area contributed by atoms with Crippen LogP contribution >= 0.6 is 15.9 Å². The van der Waals surface area contributed by atoms with Gasteiger partial charge in [0, 0.05) is 17.1 Å². The molecule has 1 aromatic rings. The van der Waals surface area contributed by atoms with Crippen LogP contribution in [-0.2, 0) is 11.2 Å². The van der Waals surface area contributed by atoms with Crippen LogP contribution in [-0.4, -0.2) is 25.0 Å². The van der Waals surface area contributed by atoms with E-state index in [0.717, 1.165) is 36.0 Å². The van der Waals surface area contributed by atoms with E-state index in [1.54, 1.807) is 0 Å². The average Bonchev–Trinajstić information content (AvgIpc) is 2.33. The molecule has 2 N–H and O–H groups in total. The summed E-state index contributed by atoms with van der Waals surface area (Å²) >= 11 is 3.46. The molecule has 1 aliphatic heterocycles. The summed E-state index contributed by atoms with van der Waals surface area (Å²) in [6, 6.07) is 8.14. The largest absolute Gasteiger partial charge is 0.352 e. The predicted octanol–water partition coefficient (Wildman–Crippen LogP) is 1.86. The van der Waals surface area contributed by atoms with E-state index in [-0.39, 0.29) is 5.91 Å². The summed E-state index contributed by atoms with van der Waals surface area (Å²) in [5.74, 6) is 0.102. The van der Waals surface area contributed by atoms with Gasteiger partial charge in [0.15, 0.2) is 0 Å². The lowest BCUT2D eigenvalue weighted by Gasteiger charge is -2.23. The van der Waals surface area contributed by atoms with Gasteiger partial charge in [-0.25, -0.2) is 0 Å². The van der Waals surface area contributed by atoms with Gasteiger partial charge in [-0.15, -0.1) is 0 Å². The Morgan fingerprint density at radius 1 is 1.47 bits per heavy atom. The van der Waals surface area contributed by atoms with Gasteiger partial charge in [0.1, 0.15) is 0 Å². The first-order valence-electron chi connectivity index (χ1n) is 5.99. The first kappa shape index (κ1) is 12.6. The number of carbonyl (C=O) groups excluding carboxylic acids is 1. The minimum atomic E-state index is 0.102. The quantitative estimate of drug-likeness (QED) is 0.894. The van der Waals surface area contributed by atoms with Crippen molar-refractivity contribution in [2.45, 2.75) is 25.3 Å². The van der Waals surface area contributed by atoms with Crippen molar-refractivity contribution in [1.29, 1.82) is 0 Å². The molecule has 1 heterocycles. The van der Waals surface area contributed by atoms with Crippen molar-refractivity contribution in [1.82, 2.24) is 10.6 Å². The third-order valence-corrected chi connectivity index (χ3v) is 3.74. The minimum absolute atomic E-state index is 0.102. The molecule has 0 bridgehead atoms. The lowest BCUT2D eigenvalue weighted by molar-refractivity contribution is -0.121. The van der Waals surface area contributed by atoms with Gasteiger partial charge in [0.25, 0.3) is 0 Å². The zero-order valence-electron chi connectivity index (χ0n) is 9.71.